The van der Waals surface area contributed by atoms with Gasteiger partial charge < -0.3 is 28.4 Å². The predicted molar refractivity (Wildman–Crippen MR) is 221 cm³/mol. The van der Waals surface area contributed by atoms with Crippen LogP contribution in [0.5, 0.6) is 23.0 Å². The molecule has 0 bridgehead atoms. The molecular formula is C46H62N2O10. The van der Waals surface area contributed by atoms with Crippen molar-refractivity contribution in [1.82, 2.24) is 9.80 Å². The highest BCUT2D eigenvalue weighted by Crippen LogP contribution is 2.43. The van der Waals surface area contributed by atoms with Crippen LogP contribution < -0.4 is 18.9 Å². The van der Waals surface area contributed by atoms with Gasteiger partial charge in [0.1, 0.15) is 13.2 Å². The van der Waals surface area contributed by atoms with Crippen LogP contribution in [0.3, 0.4) is 0 Å². The zero-order valence-corrected chi connectivity index (χ0v) is 35.9. The van der Waals surface area contributed by atoms with Crippen molar-refractivity contribution in [3.8, 4) is 23.0 Å². The summed E-state index contributed by atoms with van der Waals surface area (Å²) in [5.41, 5.74) is 3.46. The van der Waals surface area contributed by atoms with Gasteiger partial charge in [0.05, 0.1) is 52.4 Å². The molecule has 12 nitrogen and oxygen atoms in total. The van der Waals surface area contributed by atoms with Crippen molar-refractivity contribution in [2.24, 2.45) is 23.7 Å². The number of methoxy groups -OCH3 is 4. The summed E-state index contributed by atoms with van der Waals surface area (Å²) in [5, 5.41) is 0. The second-order valence-electron chi connectivity index (χ2n) is 16.3. The molecule has 0 aromatic heterocycles. The maximum absolute atomic E-state index is 13.8. The molecule has 2 saturated heterocycles. The average Bonchev–Trinajstić information content (AvgIpc) is 3.81. The number of ether oxygens (including phenoxy) is 6. The first kappa shape index (κ1) is 44.1. The fraction of sp³-hybridized carbons (Fsp3) is 0.565. The molecule has 0 spiro atoms. The third-order valence-corrected chi connectivity index (χ3v) is 11.9. The van der Waals surface area contributed by atoms with E-state index < -0.39 is 24.0 Å². The first-order valence-corrected chi connectivity index (χ1v) is 20.6. The van der Waals surface area contributed by atoms with Crippen molar-refractivity contribution < 1.29 is 47.6 Å². The molecule has 2 fully saturated rings. The third kappa shape index (κ3) is 9.31. The Balaban J connectivity index is 0.000000221. The van der Waals surface area contributed by atoms with Crippen LogP contribution >= 0.6 is 0 Å². The van der Waals surface area contributed by atoms with E-state index in [2.05, 4.69) is 24.3 Å². The van der Waals surface area contributed by atoms with Crippen molar-refractivity contribution in [2.45, 2.75) is 104 Å². The average molecular weight is 803 g/mol. The van der Waals surface area contributed by atoms with Gasteiger partial charge in [0, 0.05) is 0 Å². The van der Waals surface area contributed by atoms with Crippen LogP contribution in [0.15, 0.2) is 48.6 Å². The van der Waals surface area contributed by atoms with E-state index in [0.29, 0.717) is 23.0 Å². The summed E-state index contributed by atoms with van der Waals surface area (Å²) in [6.45, 7) is 12.4. The molecule has 2 aromatic carbocycles. The Hall–Kier alpha value is -5.00. The Bertz CT molecular complexity index is 1730. The Morgan fingerprint density at radius 3 is 1.29 bits per heavy atom. The summed E-state index contributed by atoms with van der Waals surface area (Å²) in [7, 11) is 6.38. The van der Waals surface area contributed by atoms with E-state index in [9.17, 15) is 19.2 Å². The van der Waals surface area contributed by atoms with Gasteiger partial charge in [0.2, 0.25) is 11.8 Å². The van der Waals surface area contributed by atoms with E-state index in [1.165, 1.54) is 9.80 Å². The molecule has 0 unspecified atom stereocenters. The number of rotatable bonds is 12. The molecule has 4 amide bonds. The largest absolute Gasteiger partial charge is 0.493 e. The minimum absolute atomic E-state index is 0.0231. The van der Waals surface area contributed by atoms with Gasteiger partial charge in [-0.1, -0.05) is 64.1 Å². The van der Waals surface area contributed by atoms with Gasteiger partial charge in [-0.25, -0.2) is 19.4 Å². The quantitative estimate of drug-likeness (QED) is 0.192. The Kier molecular flexibility index (Phi) is 14.9. The van der Waals surface area contributed by atoms with E-state index in [4.69, 9.17) is 28.4 Å². The van der Waals surface area contributed by atoms with E-state index >= 15 is 0 Å². The number of aryl methyl sites for hydroxylation is 2. The van der Waals surface area contributed by atoms with Crippen molar-refractivity contribution in [3.05, 3.63) is 70.8 Å². The summed E-state index contributed by atoms with van der Waals surface area (Å²) in [6.07, 6.45) is 13.3. The lowest BCUT2D eigenvalue weighted by Crippen LogP contribution is -2.45. The normalized spacial score (nSPS) is 22.6. The molecule has 2 aliphatic carbocycles. The van der Waals surface area contributed by atoms with E-state index in [1.54, 1.807) is 28.4 Å². The highest BCUT2D eigenvalue weighted by Gasteiger charge is 2.46. The van der Waals surface area contributed by atoms with Gasteiger partial charge in [0.25, 0.3) is 0 Å². The monoisotopic (exact) mass is 802 g/mol. The second kappa shape index (κ2) is 19.6. The smallest absolute Gasteiger partial charge is 0.417 e. The van der Waals surface area contributed by atoms with Crippen molar-refractivity contribution in [1.29, 1.82) is 0 Å². The zero-order valence-electron chi connectivity index (χ0n) is 35.9. The molecule has 2 aliphatic heterocycles. The van der Waals surface area contributed by atoms with Crippen LogP contribution in [0.1, 0.15) is 100 Å². The standard InChI is InChI=1S/2C23H31NO5/c2*1-14(2)18-13-29-23(26)24(18)22(25)20(16-9-7-6-8-10-16)17-11-15(3)21(28-5)19(12-17)27-4/h2*7,9,11-12,14,16,18,20H,6,8,10,13H2,1-5H3/t16-,18+,20-;16-,18-,20+/m01/s1. The first-order chi connectivity index (χ1) is 27.8. The predicted octanol–water partition coefficient (Wildman–Crippen LogP) is 8.91. The number of carbonyl (C=O) groups is 4. The number of imide groups is 2. The van der Waals surface area contributed by atoms with Crippen LogP contribution in [-0.4, -0.2) is 87.5 Å². The van der Waals surface area contributed by atoms with Crippen molar-refractivity contribution in [3.63, 3.8) is 0 Å². The molecule has 2 heterocycles. The molecular weight excluding hydrogens is 741 g/mol. The lowest BCUT2D eigenvalue weighted by atomic mass is 9.78. The molecule has 2 aromatic rings. The second-order valence-corrected chi connectivity index (χ2v) is 16.3. The summed E-state index contributed by atoms with van der Waals surface area (Å²) >= 11 is 0. The van der Waals surface area contributed by atoms with Gasteiger partial charge in [-0.15, -0.1) is 0 Å². The summed E-state index contributed by atoms with van der Waals surface area (Å²) in [5.74, 6) is 1.43. The number of nitrogens with zero attached hydrogens (tertiary/aromatic N) is 2. The Morgan fingerprint density at radius 2 is 1.00 bits per heavy atom. The summed E-state index contributed by atoms with van der Waals surface area (Å²) in [4.78, 5) is 55.1. The minimum Gasteiger partial charge on any atom is -0.493 e. The fourth-order valence-electron chi connectivity index (χ4n) is 8.76. The van der Waals surface area contributed by atoms with Gasteiger partial charge in [-0.2, -0.15) is 0 Å². The SMILES string of the molecule is COc1cc([C@@H](C(=O)N2C(=O)OC[C@@H]2C(C)C)[C@@H]2C=CCCC2)cc(C)c1OC.COc1cc([C@@H](C(=O)N2C(=O)OC[C@@H]2C(C)C)[C@H]2C=CCCC2)cc(C)c1OC. The number of amides is 4. The number of carbonyl (C=O) groups excluding carboxylic acids is 4. The number of hydrogen-bond donors (Lipinski definition) is 0. The van der Waals surface area contributed by atoms with E-state index in [0.717, 1.165) is 60.8 Å². The Morgan fingerprint density at radius 1 is 0.621 bits per heavy atom. The topological polar surface area (TPSA) is 130 Å². The van der Waals surface area contributed by atoms with Gasteiger partial charge in [-0.3, -0.25) is 9.59 Å². The van der Waals surface area contributed by atoms with Crippen molar-refractivity contribution >= 4 is 24.0 Å². The molecule has 316 valence electrons. The molecule has 0 radical (unpaired) electrons. The van der Waals surface area contributed by atoms with Gasteiger partial charge in [-0.05, 0) is 110 Å². The maximum atomic E-state index is 13.8. The first-order valence-electron chi connectivity index (χ1n) is 20.6. The molecule has 6 atom stereocenters. The highest BCUT2D eigenvalue weighted by atomic mass is 16.6. The van der Waals surface area contributed by atoms with Crippen LogP contribution in [0.25, 0.3) is 0 Å². The summed E-state index contributed by atoms with van der Waals surface area (Å²) < 4.78 is 32.5. The number of allylic oxidation sites excluding steroid dienone is 4. The number of cyclic esters (lactones) is 2. The molecule has 58 heavy (non-hydrogen) atoms. The van der Waals surface area contributed by atoms with Crippen LogP contribution in [0, 0.1) is 37.5 Å². The molecule has 0 saturated carbocycles. The number of benzene rings is 2. The van der Waals surface area contributed by atoms with Gasteiger partial charge in [0.15, 0.2) is 23.0 Å². The van der Waals surface area contributed by atoms with E-state index in [1.807, 2.05) is 65.8 Å². The van der Waals surface area contributed by atoms with E-state index in [-0.39, 0.29) is 60.8 Å². The third-order valence-electron chi connectivity index (χ3n) is 11.9. The molecule has 4 aliphatic rings. The lowest BCUT2D eigenvalue weighted by Gasteiger charge is -2.32. The number of hydrogen-bond acceptors (Lipinski definition) is 10. The fourth-order valence-corrected chi connectivity index (χ4v) is 8.76. The van der Waals surface area contributed by atoms with Crippen LogP contribution in [-0.2, 0) is 19.1 Å². The highest BCUT2D eigenvalue weighted by molar-refractivity contribution is 5.98. The molecule has 6 rings (SSSR count). The van der Waals surface area contributed by atoms with Crippen LogP contribution in [0.2, 0.25) is 0 Å². The summed E-state index contributed by atoms with van der Waals surface area (Å²) in [6, 6.07) is 7.18. The minimum atomic E-state index is -0.546. The Labute approximate surface area is 343 Å². The van der Waals surface area contributed by atoms with Crippen molar-refractivity contribution in [2.75, 3.05) is 41.7 Å². The molecule has 0 N–H and O–H groups in total. The lowest BCUT2D eigenvalue weighted by molar-refractivity contribution is -0.133. The maximum Gasteiger partial charge on any atom is 0.417 e. The zero-order chi connectivity index (χ0) is 42.3. The van der Waals surface area contributed by atoms with Gasteiger partial charge >= 0.3 is 12.2 Å². The molecule has 12 heteroatoms. The van der Waals surface area contributed by atoms with Crippen LogP contribution in [0.4, 0.5) is 9.59 Å².